The number of hydrogen-bond acceptors (Lipinski definition) is 5. The van der Waals surface area contributed by atoms with Crippen LogP contribution < -0.4 is 16.8 Å². The second-order valence-electron chi connectivity index (χ2n) is 5.99. The Balaban J connectivity index is 1.86. The fourth-order valence-electron chi connectivity index (χ4n) is 2.66. The van der Waals surface area contributed by atoms with Crippen molar-refractivity contribution in [3.63, 3.8) is 0 Å². The summed E-state index contributed by atoms with van der Waals surface area (Å²) in [6.45, 7) is 0.528. The average molecular weight is 375 g/mol. The molecule has 0 aliphatic carbocycles. The van der Waals surface area contributed by atoms with Gasteiger partial charge in [-0.25, -0.2) is 0 Å². The number of thioether (sulfide) groups is 1. The summed E-state index contributed by atoms with van der Waals surface area (Å²) >= 11 is 1.38. The topological polar surface area (TPSA) is 126 Å². The van der Waals surface area contributed by atoms with E-state index < -0.39 is 12.1 Å². The van der Waals surface area contributed by atoms with E-state index in [0.717, 1.165) is 22.8 Å². The van der Waals surface area contributed by atoms with Crippen LogP contribution in [0.1, 0.15) is 18.4 Å². The number of fused-ring (bicyclic) bond motifs is 1. The van der Waals surface area contributed by atoms with Gasteiger partial charge >= 0.3 is 0 Å². The number of aromatic nitrogens is 1. The number of nitrogens with zero attached hydrogens (tertiary/aromatic N) is 1. The van der Waals surface area contributed by atoms with Crippen LogP contribution in [-0.2, 0) is 16.0 Å². The van der Waals surface area contributed by atoms with E-state index in [2.05, 4.69) is 15.3 Å². The van der Waals surface area contributed by atoms with Crippen molar-refractivity contribution in [1.82, 2.24) is 10.3 Å². The van der Waals surface area contributed by atoms with E-state index in [0.29, 0.717) is 31.0 Å². The summed E-state index contributed by atoms with van der Waals surface area (Å²) in [5, 5.41) is 4.28. The number of aromatic amines is 1. The van der Waals surface area contributed by atoms with Gasteiger partial charge in [-0.1, -0.05) is 30.0 Å². The van der Waals surface area contributed by atoms with Gasteiger partial charge in [0.15, 0.2) is 5.17 Å². The molecule has 0 unspecified atom stereocenters. The van der Waals surface area contributed by atoms with Crippen LogP contribution in [0, 0.1) is 0 Å². The van der Waals surface area contributed by atoms with Gasteiger partial charge in [-0.3, -0.25) is 9.79 Å². The van der Waals surface area contributed by atoms with Crippen molar-refractivity contribution in [1.29, 1.82) is 0 Å². The molecule has 1 amide bonds. The van der Waals surface area contributed by atoms with E-state index in [4.69, 9.17) is 11.5 Å². The molecule has 0 spiro atoms. The van der Waals surface area contributed by atoms with E-state index in [1.807, 2.05) is 36.7 Å². The van der Waals surface area contributed by atoms with Gasteiger partial charge in [-0.05, 0) is 30.7 Å². The lowest BCUT2D eigenvalue weighted by Gasteiger charge is -2.16. The third kappa shape index (κ3) is 5.60. The first-order chi connectivity index (χ1) is 12.5. The number of amides is 1. The minimum atomic E-state index is -0.675. The molecule has 0 aliphatic rings. The molecule has 0 fully saturated rings. The zero-order valence-electron chi connectivity index (χ0n) is 14.8. The first-order valence-corrected chi connectivity index (χ1v) is 9.67. The monoisotopic (exact) mass is 375 g/mol. The Hall–Kier alpha value is -2.32. The highest BCUT2D eigenvalue weighted by atomic mass is 32.2. The molecule has 1 aromatic heterocycles. The molecule has 7 nitrogen and oxygen atoms in total. The number of amidine groups is 1. The predicted molar refractivity (Wildman–Crippen MR) is 107 cm³/mol. The number of carbonyl (C=O) groups is 2. The number of para-hydroxylation sites is 1. The summed E-state index contributed by atoms with van der Waals surface area (Å²) in [6, 6.07) is 6.55. The fraction of sp³-hybridized carbons (Fsp3) is 0.389. The summed E-state index contributed by atoms with van der Waals surface area (Å²) < 4.78 is 0. The number of rotatable bonds is 9. The van der Waals surface area contributed by atoms with E-state index in [1.54, 1.807) is 0 Å². The molecule has 140 valence electrons. The molecule has 2 atom stereocenters. The normalized spacial score (nSPS) is 14.2. The first-order valence-electron chi connectivity index (χ1n) is 8.45. The largest absolute Gasteiger partial charge is 0.379 e. The van der Waals surface area contributed by atoms with Crippen molar-refractivity contribution < 1.29 is 9.59 Å². The molecular weight excluding hydrogens is 350 g/mol. The Bertz CT molecular complexity index is 774. The van der Waals surface area contributed by atoms with E-state index in [9.17, 15) is 9.59 Å². The lowest BCUT2D eigenvalue weighted by atomic mass is 10.0. The molecule has 0 saturated carbocycles. The van der Waals surface area contributed by atoms with Crippen molar-refractivity contribution in [3.05, 3.63) is 36.0 Å². The van der Waals surface area contributed by atoms with Crippen LogP contribution >= 0.6 is 11.8 Å². The number of benzene rings is 1. The van der Waals surface area contributed by atoms with Gasteiger partial charge in [0.25, 0.3) is 0 Å². The third-order valence-electron chi connectivity index (χ3n) is 4.09. The maximum Gasteiger partial charge on any atom is 0.237 e. The quantitative estimate of drug-likeness (QED) is 0.227. The predicted octanol–water partition coefficient (Wildman–Crippen LogP) is 1.18. The number of nitrogens with two attached hydrogens (primary N) is 2. The molecule has 0 bridgehead atoms. The van der Waals surface area contributed by atoms with E-state index in [1.165, 1.54) is 11.8 Å². The van der Waals surface area contributed by atoms with Gasteiger partial charge in [0, 0.05) is 30.1 Å². The molecular formula is C18H25N5O2S. The number of carbonyl (C=O) groups excluding carboxylic acids is 2. The van der Waals surface area contributed by atoms with Gasteiger partial charge in [-0.2, -0.15) is 0 Å². The summed E-state index contributed by atoms with van der Waals surface area (Å²) in [4.78, 5) is 30.9. The second kappa shape index (κ2) is 9.98. The molecule has 1 aromatic carbocycles. The molecule has 2 aromatic rings. The number of H-pyrrole nitrogens is 1. The molecule has 0 aliphatic heterocycles. The molecule has 2 rings (SSSR count). The summed E-state index contributed by atoms with van der Waals surface area (Å²) in [5.74, 6) is -0.330. The molecule has 1 heterocycles. The van der Waals surface area contributed by atoms with Crippen molar-refractivity contribution >= 4 is 40.0 Å². The van der Waals surface area contributed by atoms with Crippen LogP contribution in [0.3, 0.4) is 0 Å². The van der Waals surface area contributed by atoms with Crippen molar-refractivity contribution in [2.45, 2.75) is 31.3 Å². The highest BCUT2D eigenvalue weighted by Gasteiger charge is 2.19. The number of nitrogens with one attached hydrogen (secondary N) is 2. The lowest BCUT2D eigenvalue weighted by molar-refractivity contribution is -0.125. The summed E-state index contributed by atoms with van der Waals surface area (Å²) in [5.41, 5.74) is 13.5. The molecule has 26 heavy (non-hydrogen) atoms. The lowest BCUT2D eigenvalue weighted by Crippen LogP contribution is -2.46. The van der Waals surface area contributed by atoms with Gasteiger partial charge in [0.05, 0.1) is 12.1 Å². The van der Waals surface area contributed by atoms with Gasteiger partial charge in [0.2, 0.25) is 5.91 Å². The van der Waals surface area contributed by atoms with Crippen molar-refractivity contribution in [2.75, 3.05) is 12.8 Å². The summed E-state index contributed by atoms with van der Waals surface area (Å²) in [6.07, 6.45) is 6.02. The standard InChI is InChI=1S/C18H25N5O2S/c1-26-18(20)21-8-4-6-15(19)17(25)23-13(11-24)9-12-10-22-16-7-3-2-5-14(12)16/h2-3,5,7,10-11,13,15,22H,4,6,8-9,19H2,1H3,(H2,20,21)(H,23,25)/t13-,15-/m0/s1. The Labute approximate surface area is 157 Å². The molecule has 0 saturated heterocycles. The number of aldehydes is 1. The van der Waals surface area contributed by atoms with Crippen molar-refractivity contribution in [3.8, 4) is 0 Å². The Morgan fingerprint density at radius 1 is 1.42 bits per heavy atom. The van der Waals surface area contributed by atoms with Gasteiger partial charge < -0.3 is 26.6 Å². The Kier molecular flexibility index (Phi) is 7.68. The van der Waals surface area contributed by atoms with Gasteiger partial charge in [0.1, 0.15) is 6.29 Å². The SMILES string of the molecule is CSC(N)=NCCC[C@H](N)C(=O)N[C@H](C=O)Cc1c[nH]c2ccccc12. The molecule has 6 N–H and O–H groups in total. The van der Waals surface area contributed by atoms with E-state index in [-0.39, 0.29) is 5.91 Å². The highest BCUT2D eigenvalue weighted by Crippen LogP contribution is 2.18. The smallest absolute Gasteiger partial charge is 0.237 e. The minimum absolute atomic E-state index is 0.330. The number of hydrogen-bond donors (Lipinski definition) is 4. The van der Waals surface area contributed by atoms with Crippen LogP contribution in [0.2, 0.25) is 0 Å². The van der Waals surface area contributed by atoms with Crippen LogP contribution in [-0.4, -0.2) is 47.2 Å². The number of aliphatic imine (C=N–C) groups is 1. The fourth-order valence-corrected chi connectivity index (χ4v) is 2.88. The summed E-state index contributed by atoms with van der Waals surface area (Å²) in [7, 11) is 0. The minimum Gasteiger partial charge on any atom is -0.379 e. The zero-order chi connectivity index (χ0) is 18.9. The molecule has 8 heteroatoms. The maximum atomic E-state index is 12.2. The highest BCUT2D eigenvalue weighted by molar-refractivity contribution is 8.13. The first kappa shape index (κ1) is 20.0. The maximum absolute atomic E-state index is 12.2. The van der Waals surface area contributed by atoms with Crippen LogP contribution in [0.15, 0.2) is 35.5 Å². The average Bonchev–Trinajstić information content (AvgIpc) is 3.07. The zero-order valence-corrected chi connectivity index (χ0v) is 15.6. The van der Waals surface area contributed by atoms with Crippen molar-refractivity contribution in [2.24, 2.45) is 16.5 Å². The Morgan fingerprint density at radius 3 is 2.92 bits per heavy atom. The van der Waals surface area contributed by atoms with Crippen LogP contribution in [0.4, 0.5) is 0 Å². The Morgan fingerprint density at radius 2 is 2.19 bits per heavy atom. The van der Waals surface area contributed by atoms with E-state index >= 15 is 0 Å². The van der Waals surface area contributed by atoms with Crippen LogP contribution in [0.25, 0.3) is 10.9 Å². The van der Waals surface area contributed by atoms with Gasteiger partial charge in [-0.15, -0.1) is 0 Å². The van der Waals surface area contributed by atoms with Crippen LogP contribution in [0.5, 0.6) is 0 Å². The third-order valence-corrected chi connectivity index (χ3v) is 4.64. The molecule has 0 radical (unpaired) electrons. The second-order valence-corrected chi connectivity index (χ2v) is 6.81.